The fraction of sp³-hybridized carbons (Fsp3) is 0.190. The van der Waals surface area contributed by atoms with Gasteiger partial charge in [-0.1, -0.05) is 24.3 Å². The molecule has 0 radical (unpaired) electrons. The Balaban J connectivity index is 1.57. The van der Waals surface area contributed by atoms with E-state index in [0.717, 1.165) is 4.90 Å². The summed E-state index contributed by atoms with van der Waals surface area (Å²) in [5.41, 5.74) is 1.45. The highest BCUT2D eigenvalue weighted by molar-refractivity contribution is 6.20. The van der Waals surface area contributed by atoms with Crippen LogP contribution in [0.4, 0.5) is 20.6 Å². The third-order valence-electron chi connectivity index (χ3n) is 5.09. The maximum Gasteiger partial charge on any atom is 0.329 e. The zero-order chi connectivity index (χ0) is 20.7. The number of urea groups is 1. The summed E-state index contributed by atoms with van der Waals surface area (Å²) < 4.78 is 13.8. The number of halogens is 1. The predicted octanol–water partition coefficient (Wildman–Crippen LogP) is 2.40. The molecule has 2 aromatic rings. The lowest BCUT2D eigenvalue weighted by molar-refractivity contribution is -0.122. The summed E-state index contributed by atoms with van der Waals surface area (Å²) in [6, 6.07) is 10.8. The highest BCUT2D eigenvalue weighted by atomic mass is 19.1. The lowest BCUT2D eigenvalue weighted by Gasteiger charge is -2.37. The van der Waals surface area contributed by atoms with Crippen molar-refractivity contribution in [2.24, 2.45) is 0 Å². The molecule has 29 heavy (non-hydrogen) atoms. The molecule has 2 unspecified atom stereocenters. The summed E-state index contributed by atoms with van der Waals surface area (Å²) in [4.78, 5) is 41.1. The van der Waals surface area contributed by atoms with E-state index in [2.05, 4.69) is 10.6 Å². The van der Waals surface area contributed by atoms with Crippen LogP contribution in [0.5, 0.6) is 0 Å². The zero-order valence-electron chi connectivity index (χ0n) is 15.8. The van der Waals surface area contributed by atoms with Gasteiger partial charge >= 0.3 is 6.03 Å². The van der Waals surface area contributed by atoms with Crippen LogP contribution in [0.2, 0.25) is 0 Å². The van der Waals surface area contributed by atoms with E-state index in [0.29, 0.717) is 16.9 Å². The number of imide groups is 1. The molecule has 1 fully saturated rings. The Kier molecular flexibility index (Phi) is 4.54. The van der Waals surface area contributed by atoms with Crippen LogP contribution < -0.4 is 15.5 Å². The number of aryl methyl sites for hydroxylation is 1. The number of hydrogen-bond donors (Lipinski definition) is 2. The van der Waals surface area contributed by atoms with Crippen molar-refractivity contribution in [3.05, 3.63) is 71.7 Å². The average molecular weight is 394 g/mol. The molecule has 2 aliphatic rings. The van der Waals surface area contributed by atoms with E-state index >= 15 is 0 Å². The Morgan fingerprint density at radius 2 is 1.86 bits per heavy atom. The first-order valence-electron chi connectivity index (χ1n) is 9.07. The second-order valence-electron chi connectivity index (χ2n) is 7.05. The van der Waals surface area contributed by atoms with Crippen molar-refractivity contribution in [3.63, 3.8) is 0 Å². The summed E-state index contributed by atoms with van der Waals surface area (Å²) in [6.45, 7) is 1.63. The minimum Gasteiger partial charge on any atom is -0.366 e. The van der Waals surface area contributed by atoms with Crippen molar-refractivity contribution in [1.82, 2.24) is 10.2 Å². The molecule has 2 aromatic carbocycles. The Bertz CT molecular complexity index is 1040. The standard InChI is InChI=1S/C21H19FN4O3/c1-12-8-9-13(10-16(12)22)23-19(27)15-11-25(2)18-17(15)24-21(29)26(20(18)28)14-6-4-3-5-7-14/h3-11,17-18H,1-2H3,(H,23,27)(H,24,29). The van der Waals surface area contributed by atoms with Gasteiger partial charge in [-0.25, -0.2) is 14.1 Å². The molecule has 2 aliphatic heterocycles. The Morgan fingerprint density at radius 1 is 1.14 bits per heavy atom. The molecule has 0 aromatic heterocycles. The monoisotopic (exact) mass is 394 g/mol. The van der Waals surface area contributed by atoms with Crippen molar-refractivity contribution in [3.8, 4) is 0 Å². The first-order valence-corrected chi connectivity index (χ1v) is 9.07. The van der Waals surface area contributed by atoms with Gasteiger partial charge in [0.1, 0.15) is 11.9 Å². The van der Waals surface area contributed by atoms with Gasteiger partial charge < -0.3 is 15.5 Å². The first-order chi connectivity index (χ1) is 13.9. The number of rotatable bonds is 3. The molecule has 148 valence electrons. The number of amides is 4. The molecule has 0 bridgehead atoms. The van der Waals surface area contributed by atoms with Gasteiger partial charge in [0, 0.05) is 18.9 Å². The molecular weight excluding hydrogens is 375 g/mol. The minimum absolute atomic E-state index is 0.230. The second kappa shape index (κ2) is 7.05. The molecule has 7 nitrogen and oxygen atoms in total. The van der Waals surface area contributed by atoms with Crippen LogP contribution in [0.15, 0.2) is 60.3 Å². The van der Waals surface area contributed by atoms with Crippen molar-refractivity contribution < 1.29 is 18.8 Å². The number of anilines is 2. The molecule has 8 heteroatoms. The van der Waals surface area contributed by atoms with Crippen molar-refractivity contribution in [2.75, 3.05) is 17.3 Å². The fourth-order valence-electron chi connectivity index (χ4n) is 3.58. The topological polar surface area (TPSA) is 81.8 Å². The van der Waals surface area contributed by atoms with E-state index < -0.39 is 35.7 Å². The maximum atomic E-state index is 13.8. The largest absolute Gasteiger partial charge is 0.366 e. The third kappa shape index (κ3) is 3.22. The van der Waals surface area contributed by atoms with Gasteiger partial charge in [0.05, 0.1) is 17.3 Å². The van der Waals surface area contributed by atoms with E-state index in [4.69, 9.17) is 0 Å². The van der Waals surface area contributed by atoms with E-state index in [1.54, 1.807) is 61.3 Å². The molecule has 2 N–H and O–H groups in total. The number of likely N-dealkylation sites (N-methyl/N-ethyl adjacent to an activating group) is 1. The van der Waals surface area contributed by atoms with Crippen molar-refractivity contribution >= 4 is 29.2 Å². The Hall–Kier alpha value is -3.68. The van der Waals surface area contributed by atoms with Gasteiger partial charge in [0.25, 0.3) is 11.8 Å². The normalized spacial score (nSPS) is 20.9. The SMILES string of the molecule is Cc1ccc(NC(=O)C2=CN(C)C3C(=O)N(c4ccccc4)C(=O)NC23)cc1F. The number of nitrogens with zero attached hydrogens (tertiary/aromatic N) is 2. The van der Waals surface area contributed by atoms with E-state index in [9.17, 15) is 18.8 Å². The van der Waals surface area contributed by atoms with Gasteiger partial charge in [-0.3, -0.25) is 9.59 Å². The zero-order valence-corrected chi connectivity index (χ0v) is 15.8. The van der Waals surface area contributed by atoms with E-state index in [-0.39, 0.29) is 5.57 Å². The van der Waals surface area contributed by atoms with Crippen LogP contribution in [0.25, 0.3) is 0 Å². The smallest absolute Gasteiger partial charge is 0.329 e. The van der Waals surface area contributed by atoms with Crippen molar-refractivity contribution in [2.45, 2.75) is 19.0 Å². The van der Waals surface area contributed by atoms with E-state index in [1.807, 2.05) is 0 Å². The molecule has 0 aliphatic carbocycles. The highest BCUT2D eigenvalue weighted by Crippen LogP contribution is 2.30. The van der Waals surface area contributed by atoms with Crippen molar-refractivity contribution in [1.29, 1.82) is 0 Å². The molecule has 1 saturated heterocycles. The van der Waals surface area contributed by atoms with Crippen LogP contribution in [-0.4, -0.2) is 41.9 Å². The molecular formula is C21H19FN4O3. The number of carbonyl (C=O) groups excluding carboxylic acids is 3. The Labute approximate surface area is 166 Å². The number of carbonyl (C=O) groups is 3. The summed E-state index contributed by atoms with van der Waals surface area (Å²) in [7, 11) is 1.67. The molecule has 0 saturated carbocycles. The van der Waals surface area contributed by atoms with Gasteiger partial charge in [-0.2, -0.15) is 0 Å². The van der Waals surface area contributed by atoms with Crippen LogP contribution >= 0.6 is 0 Å². The second-order valence-corrected chi connectivity index (χ2v) is 7.05. The summed E-state index contributed by atoms with van der Waals surface area (Å²) in [6.07, 6.45) is 1.53. The van der Waals surface area contributed by atoms with Crippen LogP contribution in [-0.2, 0) is 9.59 Å². The first kappa shape index (κ1) is 18.7. The highest BCUT2D eigenvalue weighted by Gasteiger charge is 2.49. The number of fused-ring (bicyclic) bond motifs is 1. The van der Waals surface area contributed by atoms with Crippen LogP contribution in [0.3, 0.4) is 0 Å². The summed E-state index contributed by atoms with van der Waals surface area (Å²) >= 11 is 0. The quantitative estimate of drug-likeness (QED) is 0.838. The van der Waals surface area contributed by atoms with Gasteiger partial charge in [0.2, 0.25) is 0 Å². The third-order valence-corrected chi connectivity index (χ3v) is 5.09. The van der Waals surface area contributed by atoms with Gasteiger partial charge in [-0.15, -0.1) is 0 Å². The Morgan fingerprint density at radius 3 is 2.55 bits per heavy atom. The minimum atomic E-state index is -0.796. The van der Waals surface area contributed by atoms with Crippen LogP contribution in [0.1, 0.15) is 5.56 Å². The summed E-state index contributed by atoms with van der Waals surface area (Å²) in [5, 5.41) is 5.37. The molecule has 2 heterocycles. The van der Waals surface area contributed by atoms with Crippen LogP contribution in [0, 0.1) is 12.7 Å². The van der Waals surface area contributed by atoms with Gasteiger partial charge in [-0.05, 0) is 36.8 Å². The lowest BCUT2D eigenvalue weighted by Crippen LogP contribution is -2.65. The molecule has 0 spiro atoms. The number of nitrogens with one attached hydrogen (secondary N) is 2. The number of benzene rings is 2. The molecule has 4 amide bonds. The average Bonchev–Trinajstić information content (AvgIpc) is 3.02. The number of hydrogen-bond acceptors (Lipinski definition) is 4. The molecule has 4 rings (SSSR count). The van der Waals surface area contributed by atoms with Gasteiger partial charge in [0.15, 0.2) is 0 Å². The fourth-order valence-corrected chi connectivity index (χ4v) is 3.58. The lowest BCUT2D eigenvalue weighted by atomic mass is 9.99. The molecule has 2 atom stereocenters. The van der Waals surface area contributed by atoms with E-state index in [1.165, 1.54) is 12.3 Å². The summed E-state index contributed by atoms with van der Waals surface area (Å²) in [5.74, 6) is -1.36. The number of para-hydroxylation sites is 1. The predicted molar refractivity (Wildman–Crippen MR) is 106 cm³/mol. The maximum absolute atomic E-state index is 13.8.